The van der Waals surface area contributed by atoms with Gasteiger partial charge in [0.15, 0.2) is 5.82 Å². The van der Waals surface area contributed by atoms with E-state index in [0.717, 1.165) is 55.9 Å². The lowest BCUT2D eigenvalue weighted by atomic mass is 9.89. The van der Waals surface area contributed by atoms with Crippen LogP contribution in [0.15, 0.2) is 24.4 Å². The van der Waals surface area contributed by atoms with Crippen LogP contribution in [0.25, 0.3) is 0 Å². The third kappa shape index (κ3) is 6.53. The molecule has 0 bridgehead atoms. The molecule has 11 heteroatoms. The monoisotopic (exact) mass is 630 g/mol. The van der Waals surface area contributed by atoms with Crippen LogP contribution in [0.2, 0.25) is 0 Å². The van der Waals surface area contributed by atoms with Gasteiger partial charge in [-0.1, -0.05) is 12.8 Å². The minimum atomic E-state index is -0.280. The first-order chi connectivity index (χ1) is 22.4. The van der Waals surface area contributed by atoms with Gasteiger partial charge in [-0.05, 0) is 82.4 Å². The summed E-state index contributed by atoms with van der Waals surface area (Å²) in [6.45, 7) is 8.03. The molecule has 248 valence electrons. The van der Waals surface area contributed by atoms with Gasteiger partial charge in [-0.15, -0.1) is 0 Å². The minimum absolute atomic E-state index is 0.0599. The number of ether oxygens (including phenoxy) is 1. The van der Waals surface area contributed by atoms with Gasteiger partial charge in [0.25, 0.3) is 5.91 Å². The molecular formula is C35H50N8O3. The Morgan fingerprint density at radius 1 is 0.978 bits per heavy atom. The summed E-state index contributed by atoms with van der Waals surface area (Å²) >= 11 is 0. The second kappa shape index (κ2) is 13.4. The van der Waals surface area contributed by atoms with Crippen LogP contribution in [-0.4, -0.2) is 103 Å². The molecule has 2 amide bonds. The average molecular weight is 631 g/mol. The largest absolute Gasteiger partial charge is 0.495 e. The molecule has 1 atom stereocenters. The fourth-order valence-corrected chi connectivity index (χ4v) is 8.11. The zero-order valence-corrected chi connectivity index (χ0v) is 27.7. The number of piperazine rings is 1. The number of fused-ring (bicyclic) bond motifs is 1. The Balaban J connectivity index is 0.964. The molecule has 11 nitrogen and oxygen atoms in total. The highest BCUT2D eigenvalue weighted by atomic mass is 16.5. The Morgan fingerprint density at radius 3 is 2.41 bits per heavy atom. The lowest BCUT2D eigenvalue weighted by molar-refractivity contribution is -0.119. The van der Waals surface area contributed by atoms with E-state index < -0.39 is 0 Å². The molecule has 7 rings (SSSR count). The predicted octanol–water partition coefficient (Wildman–Crippen LogP) is 4.41. The summed E-state index contributed by atoms with van der Waals surface area (Å²) in [5.41, 5.74) is 1.97. The highest BCUT2D eigenvalue weighted by Gasteiger charge is 2.40. The molecule has 1 aromatic carbocycles. The summed E-state index contributed by atoms with van der Waals surface area (Å²) in [5, 5.41) is 6.60. The van der Waals surface area contributed by atoms with E-state index in [0.29, 0.717) is 35.0 Å². The maximum absolute atomic E-state index is 13.3. The van der Waals surface area contributed by atoms with Crippen LogP contribution < -0.4 is 25.2 Å². The predicted molar refractivity (Wildman–Crippen MR) is 180 cm³/mol. The molecule has 46 heavy (non-hydrogen) atoms. The van der Waals surface area contributed by atoms with E-state index in [1.165, 1.54) is 58.4 Å². The third-order valence-corrected chi connectivity index (χ3v) is 11.1. The van der Waals surface area contributed by atoms with Gasteiger partial charge in [0.1, 0.15) is 17.5 Å². The fraction of sp³-hybridized carbons (Fsp3) is 0.657. The van der Waals surface area contributed by atoms with Crippen molar-refractivity contribution in [2.24, 2.45) is 5.92 Å². The molecule has 1 aromatic heterocycles. The molecule has 3 aliphatic carbocycles. The summed E-state index contributed by atoms with van der Waals surface area (Å²) in [6, 6.07) is 6.31. The first-order valence-electron chi connectivity index (χ1n) is 17.5. The van der Waals surface area contributed by atoms with Gasteiger partial charge in [-0.3, -0.25) is 14.5 Å². The van der Waals surface area contributed by atoms with E-state index in [9.17, 15) is 9.59 Å². The highest BCUT2D eigenvalue weighted by Crippen LogP contribution is 2.40. The Bertz CT molecular complexity index is 1410. The van der Waals surface area contributed by atoms with Crippen molar-refractivity contribution in [3.05, 3.63) is 30.0 Å². The average Bonchev–Trinajstić information content (AvgIpc) is 3.73. The van der Waals surface area contributed by atoms with Crippen LogP contribution in [0.1, 0.15) is 81.5 Å². The van der Waals surface area contributed by atoms with Gasteiger partial charge in [0, 0.05) is 63.5 Å². The van der Waals surface area contributed by atoms with Crippen molar-refractivity contribution in [2.45, 2.75) is 95.3 Å². The van der Waals surface area contributed by atoms with Crippen molar-refractivity contribution in [2.75, 3.05) is 62.0 Å². The van der Waals surface area contributed by atoms with Gasteiger partial charge in [-0.2, -0.15) is 4.98 Å². The number of carbonyl (C=O) groups excluding carboxylic acids is 2. The van der Waals surface area contributed by atoms with Crippen molar-refractivity contribution >= 4 is 35.0 Å². The van der Waals surface area contributed by atoms with E-state index in [2.05, 4.69) is 30.3 Å². The first kappa shape index (κ1) is 31.2. The number of aromatic nitrogens is 2. The number of likely N-dealkylation sites (N-methyl/N-ethyl adjacent to an activating group) is 1. The molecule has 0 spiro atoms. The van der Waals surface area contributed by atoms with E-state index >= 15 is 0 Å². The molecule has 1 saturated heterocycles. The number of rotatable bonds is 9. The first-order valence-corrected chi connectivity index (χ1v) is 17.5. The molecule has 3 saturated carbocycles. The summed E-state index contributed by atoms with van der Waals surface area (Å²) in [5.74, 6) is 2.71. The number of benzene rings is 1. The van der Waals surface area contributed by atoms with Crippen molar-refractivity contribution in [1.82, 2.24) is 25.1 Å². The van der Waals surface area contributed by atoms with E-state index in [4.69, 9.17) is 9.72 Å². The molecule has 2 aliphatic heterocycles. The van der Waals surface area contributed by atoms with Gasteiger partial charge < -0.3 is 30.1 Å². The summed E-state index contributed by atoms with van der Waals surface area (Å²) in [4.78, 5) is 45.0. The van der Waals surface area contributed by atoms with Gasteiger partial charge in [-0.25, -0.2) is 4.98 Å². The molecular weight excluding hydrogens is 580 g/mol. The van der Waals surface area contributed by atoms with Crippen LogP contribution in [0.3, 0.4) is 0 Å². The van der Waals surface area contributed by atoms with Crippen LogP contribution in [-0.2, 0) is 4.79 Å². The molecule has 0 radical (unpaired) electrons. The van der Waals surface area contributed by atoms with Crippen LogP contribution in [0.4, 0.5) is 23.1 Å². The molecule has 2 aromatic rings. The summed E-state index contributed by atoms with van der Waals surface area (Å²) < 4.78 is 5.70. The lowest BCUT2D eigenvalue weighted by Crippen LogP contribution is -2.54. The van der Waals surface area contributed by atoms with Gasteiger partial charge >= 0.3 is 0 Å². The number of hydrogen-bond donors (Lipinski definition) is 2. The zero-order chi connectivity index (χ0) is 31.8. The Labute approximate surface area is 273 Å². The van der Waals surface area contributed by atoms with E-state index in [1.54, 1.807) is 31.3 Å². The topological polar surface area (TPSA) is 106 Å². The SMILES string of the molecule is COc1cc(C(=O)NC2CCC(N3CCN(CC4CC4)CC3)CC2)ccc1Nc1ncc2c(n1)N(C1CCCC1)[C@H](C)C(=O)N2C. The molecule has 3 heterocycles. The molecule has 5 aliphatic rings. The van der Waals surface area contributed by atoms with Crippen LogP contribution >= 0.6 is 0 Å². The smallest absolute Gasteiger partial charge is 0.251 e. The summed E-state index contributed by atoms with van der Waals surface area (Å²) in [7, 11) is 3.39. The number of carbonyl (C=O) groups is 2. The minimum Gasteiger partial charge on any atom is -0.495 e. The number of hydrogen-bond acceptors (Lipinski definition) is 9. The number of methoxy groups -OCH3 is 1. The van der Waals surface area contributed by atoms with Crippen molar-refractivity contribution in [3.8, 4) is 5.75 Å². The molecule has 4 fully saturated rings. The standard InChI is InChI=1S/C35H50N8O3/c1-23-34(45)40(2)30-21-36-35(39-32(30)43(23)28-6-4-5-7-28)38-29-15-10-25(20-31(29)46-3)33(44)37-26-11-13-27(14-12-26)42-18-16-41(17-19-42)22-24-8-9-24/h10,15,20-21,23-24,26-28H,4-9,11-14,16-19,22H2,1-3H3,(H,37,44)(H,36,38,39)/t23-,26?,27?/m1/s1. The second-order valence-corrected chi connectivity index (χ2v) is 14.1. The lowest BCUT2D eigenvalue weighted by Gasteiger charge is -2.42. The van der Waals surface area contributed by atoms with E-state index in [-0.39, 0.29) is 23.9 Å². The van der Waals surface area contributed by atoms with Gasteiger partial charge in [0.2, 0.25) is 11.9 Å². The van der Waals surface area contributed by atoms with Crippen LogP contribution in [0.5, 0.6) is 5.75 Å². The maximum atomic E-state index is 13.3. The van der Waals surface area contributed by atoms with Crippen LogP contribution in [0, 0.1) is 5.92 Å². The molecule has 2 N–H and O–H groups in total. The van der Waals surface area contributed by atoms with Crippen molar-refractivity contribution < 1.29 is 14.3 Å². The number of anilines is 4. The van der Waals surface area contributed by atoms with E-state index in [1.807, 2.05) is 19.1 Å². The summed E-state index contributed by atoms with van der Waals surface area (Å²) in [6.07, 6.45) is 13.3. The quantitative estimate of drug-likeness (QED) is 0.417. The van der Waals surface area contributed by atoms with Crippen molar-refractivity contribution in [3.63, 3.8) is 0 Å². The number of amides is 2. The third-order valence-electron chi connectivity index (χ3n) is 11.1. The Kier molecular flexibility index (Phi) is 9.05. The number of nitrogens with one attached hydrogen (secondary N) is 2. The normalized spacial score (nSPS) is 26.2. The molecule has 0 unspecified atom stereocenters. The Morgan fingerprint density at radius 2 is 1.72 bits per heavy atom. The van der Waals surface area contributed by atoms with Gasteiger partial charge in [0.05, 0.1) is 19.0 Å². The maximum Gasteiger partial charge on any atom is 0.251 e. The number of nitrogens with zero attached hydrogens (tertiary/aromatic N) is 6. The zero-order valence-electron chi connectivity index (χ0n) is 27.7. The van der Waals surface area contributed by atoms with Crippen molar-refractivity contribution in [1.29, 1.82) is 0 Å². The second-order valence-electron chi connectivity index (χ2n) is 14.1. The fourth-order valence-electron chi connectivity index (χ4n) is 8.11. The highest BCUT2D eigenvalue weighted by molar-refractivity contribution is 6.04. The Hall–Kier alpha value is -3.44.